The average molecular weight is 406 g/mol. The molecule has 0 aromatic heterocycles. The lowest BCUT2D eigenvalue weighted by molar-refractivity contribution is 0.665. The summed E-state index contributed by atoms with van der Waals surface area (Å²) in [4.78, 5) is 4.58. The first kappa shape index (κ1) is 14.9. The molecule has 0 unspecified atom stereocenters. The quantitative estimate of drug-likeness (QED) is 0.686. The van der Waals surface area contributed by atoms with E-state index in [2.05, 4.69) is 25.3 Å². The molecule has 0 bridgehead atoms. The zero-order valence-electron chi connectivity index (χ0n) is 11.8. The molecule has 0 saturated heterocycles. The summed E-state index contributed by atoms with van der Waals surface area (Å²) in [7, 11) is 0. The molecule has 0 amide bonds. The van der Waals surface area contributed by atoms with Crippen LogP contribution in [0.3, 0.4) is 0 Å². The second kappa shape index (κ2) is 6.11. The number of hydrogen-bond donors (Lipinski definition) is 0. The fourth-order valence-electron chi connectivity index (χ4n) is 2.30. The van der Waals surface area contributed by atoms with Crippen molar-refractivity contribution in [3.05, 3.63) is 69.2 Å². The minimum Gasteiger partial charge on any atom is -0.253 e. The van der Waals surface area contributed by atoms with Crippen LogP contribution in [0.4, 0.5) is 0 Å². The molecule has 2 aliphatic rings. The molecule has 0 atom stereocenters. The lowest BCUT2D eigenvalue weighted by Gasteiger charge is -2.20. The maximum Gasteiger partial charge on any atom is 0.209 e. The van der Waals surface area contributed by atoms with Gasteiger partial charge in [0.05, 0.1) is 24.2 Å². The Kier molecular flexibility index (Phi) is 3.97. The number of halogens is 2. The number of nitrogens with zero attached hydrogens (tertiary/aromatic N) is 4. The van der Waals surface area contributed by atoms with E-state index in [0.717, 1.165) is 32.3 Å². The SMILES string of the molecule is Clc1ccc(C2=NN3C(=NC2)SN=C3c2ccc(Br)cc2)cc1. The molecule has 114 valence electrons. The molecule has 0 radical (unpaired) electrons. The zero-order chi connectivity index (χ0) is 15.8. The number of benzene rings is 2. The Balaban J connectivity index is 1.68. The smallest absolute Gasteiger partial charge is 0.209 e. The van der Waals surface area contributed by atoms with Gasteiger partial charge >= 0.3 is 0 Å². The summed E-state index contributed by atoms with van der Waals surface area (Å²) in [6.45, 7) is 0.545. The van der Waals surface area contributed by atoms with Crippen LogP contribution in [0.2, 0.25) is 5.02 Å². The summed E-state index contributed by atoms with van der Waals surface area (Å²) < 4.78 is 5.54. The van der Waals surface area contributed by atoms with Crippen LogP contribution >= 0.6 is 39.5 Å². The highest BCUT2D eigenvalue weighted by molar-refractivity contribution is 9.10. The summed E-state index contributed by atoms with van der Waals surface area (Å²) >= 11 is 10.8. The van der Waals surface area contributed by atoms with E-state index in [1.165, 1.54) is 11.9 Å². The van der Waals surface area contributed by atoms with Crippen molar-refractivity contribution in [2.24, 2.45) is 14.5 Å². The highest BCUT2D eigenvalue weighted by Gasteiger charge is 2.29. The third-order valence-electron chi connectivity index (χ3n) is 3.46. The summed E-state index contributed by atoms with van der Waals surface area (Å²) in [5.74, 6) is 0.799. The topological polar surface area (TPSA) is 40.3 Å². The molecule has 0 spiro atoms. The molecule has 23 heavy (non-hydrogen) atoms. The van der Waals surface area contributed by atoms with Gasteiger partial charge in [-0.25, -0.2) is 0 Å². The molecule has 4 nitrogen and oxygen atoms in total. The third kappa shape index (κ3) is 2.94. The van der Waals surface area contributed by atoms with Crippen LogP contribution in [0, 0.1) is 0 Å². The van der Waals surface area contributed by atoms with Crippen molar-refractivity contribution in [2.45, 2.75) is 0 Å². The lowest BCUT2D eigenvalue weighted by atomic mass is 10.1. The number of aliphatic imine (C=N–C) groups is 1. The van der Waals surface area contributed by atoms with Crippen LogP contribution in [-0.4, -0.2) is 28.3 Å². The van der Waals surface area contributed by atoms with Crippen molar-refractivity contribution >= 4 is 56.2 Å². The van der Waals surface area contributed by atoms with Gasteiger partial charge in [0.1, 0.15) is 0 Å². The molecule has 0 aliphatic carbocycles. The van der Waals surface area contributed by atoms with Crippen molar-refractivity contribution < 1.29 is 0 Å². The first-order valence-electron chi connectivity index (χ1n) is 6.90. The monoisotopic (exact) mass is 404 g/mol. The first-order valence-corrected chi connectivity index (χ1v) is 8.84. The average Bonchev–Trinajstić information content (AvgIpc) is 2.99. The van der Waals surface area contributed by atoms with E-state index in [0.29, 0.717) is 11.6 Å². The molecule has 0 N–H and O–H groups in total. The Labute approximate surface area is 151 Å². The zero-order valence-corrected chi connectivity index (χ0v) is 14.9. The molecule has 2 aromatic rings. The molecular weight excluding hydrogens is 396 g/mol. The van der Waals surface area contributed by atoms with Crippen molar-refractivity contribution in [2.75, 3.05) is 6.54 Å². The Hall–Kier alpha value is -1.63. The molecule has 0 fully saturated rings. The van der Waals surface area contributed by atoms with E-state index in [-0.39, 0.29) is 0 Å². The molecule has 2 heterocycles. The maximum absolute atomic E-state index is 5.95. The third-order valence-corrected chi connectivity index (χ3v) is 4.97. The fraction of sp³-hybridized carbons (Fsp3) is 0.0625. The Morgan fingerprint density at radius 1 is 1.00 bits per heavy atom. The van der Waals surface area contributed by atoms with Crippen LogP contribution < -0.4 is 0 Å². The van der Waals surface area contributed by atoms with E-state index >= 15 is 0 Å². The fourth-order valence-corrected chi connectivity index (χ4v) is 3.37. The molecule has 2 aromatic carbocycles. The van der Waals surface area contributed by atoms with E-state index in [1.54, 1.807) is 5.01 Å². The van der Waals surface area contributed by atoms with Crippen molar-refractivity contribution in [3.8, 4) is 0 Å². The Morgan fingerprint density at radius 2 is 1.70 bits per heavy atom. The van der Waals surface area contributed by atoms with Gasteiger partial charge in [0.15, 0.2) is 5.84 Å². The maximum atomic E-state index is 5.95. The normalized spacial score (nSPS) is 16.6. The van der Waals surface area contributed by atoms with Crippen molar-refractivity contribution in [3.63, 3.8) is 0 Å². The summed E-state index contributed by atoms with van der Waals surface area (Å²) in [6.07, 6.45) is 0. The number of hydrazone groups is 1. The Bertz CT molecular complexity index is 843. The van der Waals surface area contributed by atoms with Gasteiger partial charge in [-0.3, -0.25) is 4.99 Å². The van der Waals surface area contributed by atoms with Gasteiger partial charge in [-0.1, -0.05) is 51.8 Å². The van der Waals surface area contributed by atoms with Gasteiger partial charge < -0.3 is 0 Å². The second-order valence-electron chi connectivity index (χ2n) is 4.98. The predicted octanol–water partition coefficient (Wildman–Crippen LogP) is 4.59. The van der Waals surface area contributed by atoms with E-state index < -0.39 is 0 Å². The standard InChI is InChI=1S/C16H10BrClN4S/c17-12-5-1-11(2-6-12)15-21-23-16-19-9-14(20-22(15)16)10-3-7-13(18)8-4-10/h1-8H,9H2. The number of amidine groups is 2. The number of fused-ring (bicyclic) bond motifs is 1. The summed E-state index contributed by atoms with van der Waals surface area (Å²) in [5, 5.41) is 8.06. The van der Waals surface area contributed by atoms with Crippen LogP contribution in [0.15, 0.2) is 67.5 Å². The van der Waals surface area contributed by atoms with Gasteiger partial charge in [0, 0.05) is 15.1 Å². The van der Waals surface area contributed by atoms with Gasteiger partial charge in [-0.15, -0.1) is 0 Å². The van der Waals surface area contributed by atoms with Gasteiger partial charge in [-0.2, -0.15) is 14.5 Å². The Morgan fingerprint density at radius 3 is 2.43 bits per heavy atom. The number of rotatable bonds is 2. The van der Waals surface area contributed by atoms with Crippen LogP contribution in [-0.2, 0) is 0 Å². The lowest BCUT2D eigenvalue weighted by Crippen LogP contribution is -2.32. The summed E-state index contributed by atoms with van der Waals surface area (Å²) in [6, 6.07) is 15.7. The van der Waals surface area contributed by atoms with Crippen molar-refractivity contribution in [1.82, 2.24) is 5.01 Å². The van der Waals surface area contributed by atoms with Gasteiger partial charge in [-0.05, 0) is 29.8 Å². The predicted molar refractivity (Wildman–Crippen MR) is 100 cm³/mol. The van der Waals surface area contributed by atoms with Crippen molar-refractivity contribution in [1.29, 1.82) is 0 Å². The largest absolute Gasteiger partial charge is 0.253 e. The molecular formula is C16H10BrClN4S. The van der Waals surface area contributed by atoms with Crippen LogP contribution in [0.25, 0.3) is 0 Å². The van der Waals surface area contributed by atoms with E-state index in [1.807, 2.05) is 48.5 Å². The van der Waals surface area contributed by atoms with E-state index in [4.69, 9.17) is 16.7 Å². The van der Waals surface area contributed by atoms with Crippen LogP contribution in [0.5, 0.6) is 0 Å². The highest BCUT2D eigenvalue weighted by atomic mass is 79.9. The molecule has 0 saturated carbocycles. The molecule has 2 aliphatic heterocycles. The number of hydrogen-bond acceptors (Lipinski definition) is 5. The van der Waals surface area contributed by atoms with Crippen LogP contribution in [0.1, 0.15) is 11.1 Å². The second-order valence-corrected chi connectivity index (χ2v) is 7.06. The minimum absolute atomic E-state index is 0.545. The highest BCUT2D eigenvalue weighted by Crippen LogP contribution is 2.28. The molecule has 4 rings (SSSR count). The molecule has 7 heteroatoms. The first-order chi connectivity index (χ1) is 11.2. The van der Waals surface area contributed by atoms with Gasteiger partial charge in [0.2, 0.25) is 5.17 Å². The summed E-state index contributed by atoms with van der Waals surface area (Å²) in [5.41, 5.74) is 2.92. The van der Waals surface area contributed by atoms with E-state index in [9.17, 15) is 0 Å². The minimum atomic E-state index is 0.545. The van der Waals surface area contributed by atoms with Gasteiger partial charge in [0.25, 0.3) is 0 Å².